The molecule has 0 unspecified atom stereocenters. The van der Waals surface area contributed by atoms with Gasteiger partial charge in [-0.3, -0.25) is 5.84 Å². The third kappa shape index (κ3) is 1.43. The quantitative estimate of drug-likeness (QED) is 0.520. The van der Waals surface area contributed by atoms with E-state index in [2.05, 4.69) is 5.43 Å². The minimum absolute atomic E-state index is 0.342. The summed E-state index contributed by atoms with van der Waals surface area (Å²) >= 11 is 1.26. The van der Waals surface area contributed by atoms with Gasteiger partial charge in [-0.1, -0.05) is 0 Å². The minimum Gasteiger partial charge on any atom is -0.477 e. The summed E-state index contributed by atoms with van der Waals surface area (Å²) in [4.78, 5) is 11.0. The van der Waals surface area contributed by atoms with Gasteiger partial charge in [-0.05, 0) is 29.7 Å². The molecule has 0 atom stereocenters. The number of hydrogen-bond acceptors (Lipinski definition) is 4. The van der Waals surface area contributed by atoms with Gasteiger partial charge >= 0.3 is 5.97 Å². The van der Waals surface area contributed by atoms with E-state index in [0.717, 1.165) is 15.8 Å². The van der Waals surface area contributed by atoms with Crippen LogP contribution in [0.25, 0.3) is 10.1 Å². The van der Waals surface area contributed by atoms with Crippen molar-refractivity contribution >= 4 is 33.1 Å². The maximum atomic E-state index is 10.7. The summed E-state index contributed by atoms with van der Waals surface area (Å²) in [6, 6.07) is 7.12. The number of nitrogen functional groups attached to an aromatic ring is 1. The van der Waals surface area contributed by atoms with E-state index in [0.29, 0.717) is 4.88 Å². The Morgan fingerprint density at radius 3 is 2.86 bits per heavy atom. The fourth-order valence-electron chi connectivity index (χ4n) is 1.24. The van der Waals surface area contributed by atoms with Gasteiger partial charge in [0.1, 0.15) is 4.88 Å². The van der Waals surface area contributed by atoms with Crippen molar-refractivity contribution in [3.05, 3.63) is 29.1 Å². The zero-order valence-electron chi connectivity index (χ0n) is 7.15. The van der Waals surface area contributed by atoms with Crippen LogP contribution in [0.3, 0.4) is 0 Å². The van der Waals surface area contributed by atoms with Crippen LogP contribution in [0.2, 0.25) is 0 Å². The summed E-state index contributed by atoms with van der Waals surface area (Å²) in [6.45, 7) is 0. The van der Waals surface area contributed by atoms with E-state index in [9.17, 15) is 4.79 Å². The van der Waals surface area contributed by atoms with Gasteiger partial charge in [0, 0.05) is 10.4 Å². The van der Waals surface area contributed by atoms with Crippen LogP contribution >= 0.6 is 11.3 Å². The Labute approximate surface area is 83.9 Å². The molecule has 1 heterocycles. The van der Waals surface area contributed by atoms with Gasteiger partial charge in [0.05, 0.1) is 0 Å². The average molecular weight is 208 g/mol. The summed E-state index contributed by atoms with van der Waals surface area (Å²) < 4.78 is 0.946. The molecule has 1 aromatic heterocycles. The van der Waals surface area contributed by atoms with E-state index in [4.69, 9.17) is 10.9 Å². The number of carboxylic acids is 1. The van der Waals surface area contributed by atoms with Gasteiger partial charge in [0.25, 0.3) is 0 Å². The largest absolute Gasteiger partial charge is 0.477 e. The molecule has 0 aliphatic heterocycles. The molecular weight excluding hydrogens is 200 g/mol. The standard InChI is InChI=1S/C9H8N2O2S/c10-11-6-1-2-7-5(3-6)4-8(14-7)9(12)13/h1-4,11H,10H2,(H,12,13). The van der Waals surface area contributed by atoms with E-state index < -0.39 is 5.97 Å². The normalized spacial score (nSPS) is 10.4. The summed E-state index contributed by atoms with van der Waals surface area (Å²) in [6.07, 6.45) is 0. The molecule has 4 nitrogen and oxygen atoms in total. The highest BCUT2D eigenvalue weighted by molar-refractivity contribution is 7.20. The van der Waals surface area contributed by atoms with Gasteiger partial charge in [0.15, 0.2) is 0 Å². The lowest BCUT2D eigenvalue weighted by Gasteiger charge is -1.97. The van der Waals surface area contributed by atoms with Gasteiger partial charge in [-0.25, -0.2) is 4.79 Å². The number of carbonyl (C=O) groups is 1. The molecule has 0 bridgehead atoms. The molecule has 0 radical (unpaired) electrons. The Hall–Kier alpha value is -1.59. The van der Waals surface area contributed by atoms with Crippen molar-refractivity contribution in [1.29, 1.82) is 0 Å². The van der Waals surface area contributed by atoms with Crippen molar-refractivity contribution < 1.29 is 9.90 Å². The highest BCUT2D eigenvalue weighted by Crippen LogP contribution is 2.27. The topological polar surface area (TPSA) is 75.3 Å². The third-order valence-electron chi connectivity index (χ3n) is 1.89. The van der Waals surface area contributed by atoms with Crippen molar-refractivity contribution in [1.82, 2.24) is 0 Å². The molecule has 2 aromatic rings. The van der Waals surface area contributed by atoms with Crippen molar-refractivity contribution in [2.45, 2.75) is 0 Å². The predicted octanol–water partition coefficient (Wildman–Crippen LogP) is 1.89. The molecule has 0 aliphatic rings. The zero-order valence-corrected chi connectivity index (χ0v) is 7.97. The fourth-order valence-corrected chi connectivity index (χ4v) is 2.12. The second-order valence-electron chi connectivity index (χ2n) is 2.81. The van der Waals surface area contributed by atoms with Gasteiger partial charge in [-0.15, -0.1) is 11.3 Å². The first-order chi connectivity index (χ1) is 6.70. The van der Waals surface area contributed by atoms with Gasteiger partial charge in [-0.2, -0.15) is 0 Å². The van der Waals surface area contributed by atoms with Crippen LogP contribution < -0.4 is 11.3 Å². The molecule has 0 spiro atoms. The number of nitrogens with two attached hydrogens (primary N) is 1. The molecule has 0 fully saturated rings. The SMILES string of the molecule is NNc1ccc2sc(C(=O)O)cc2c1. The van der Waals surface area contributed by atoms with Crippen molar-refractivity contribution in [3.8, 4) is 0 Å². The lowest BCUT2D eigenvalue weighted by Crippen LogP contribution is -2.05. The maximum absolute atomic E-state index is 10.7. The van der Waals surface area contributed by atoms with Crippen molar-refractivity contribution in [3.63, 3.8) is 0 Å². The second kappa shape index (κ2) is 3.28. The smallest absolute Gasteiger partial charge is 0.345 e. The Bertz CT molecular complexity index is 493. The van der Waals surface area contributed by atoms with Gasteiger partial charge in [0.2, 0.25) is 0 Å². The second-order valence-corrected chi connectivity index (χ2v) is 3.90. The lowest BCUT2D eigenvalue weighted by atomic mass is 10.2. The molecule has 14 heavy (non-hydrogen) atoms. The monoisotopic (exact) mass is 208 g/mol. The summed E-state index contributed by atoms with van der Waals surface area (Å²) in [5.74, 6) is 4.35. The van der Waals surface area contributed by atoms with Crippen LogP contribution in [0.1, 0.15) is 9.67 Å². The van der Waals surface area contributed by atoms with E-state index >= 15 is 0 Å². The molecule has 72 valence electrons. The van der Waals surface area contributed by atoms with Crippen LogP contribution in [0, 0.1) is 0 Å². The molecule has 2 rings (SSSR count). The van der Waals surface area contributed by atoms with Crippen LogP contribution in [0.5, 0.6) is 0 Å². The molecule has 5 heteroatoms. The molecule has 0 saturated carbocycles. The number of rotatable bonds is 2. The number of aromatic carboxylic acids is 1. The number of carboxylic acid groups (broad SMARTS) is 1. The summed E-state index contributed by atoms with van der Waals surface area (Å²) in [5, 5.41) is 9.67. The molecular formula is C9H8N2O2S. The average Bonchev–Trinajstić information content (AvgIpc) is 2.59. The Morgan fingerprint density at radius 1 is 1.43 bits per heavy atom. The van der Waals surface area contributed by atoms with Crippen LogP contribution in [-0.4, -0.2) is 11.1 Å². The molecule has 0 amide bonds. The Morgan fingerprint density at radius 2 is 2.21 bits per heavy atom. The fraction of sp³-hybridized carbons (Fsp3) is 0. The van der Waals surface area contributed by atoms with E-state index in [-0.39, 0.29) is 0 Å². The number of hydrogen-bond donors (Lipinski definition) is 3. The number of fused-ring (bicyclic) bond motifs is 1. The number of nitrogens with one attached hydrogen (secondary N) is 1. The summed E-state index contributed by atoms with van der Waals surface area (Å²) in [5.41, 5.74) is 3.29. The first-order valence-electron chi connectivity index (χ1n) is 3.94. The van der Waals surface area contributed by atoms with Crippen LogP contribution in [0.15, 0.2) is 24.3 Å². The lowest BCUT2D eigenvalue weighted by molar-refractivity contribution is 0.0702. The zero-order chi connectivity index (χ0) is 10.1. The molecule has 0 saturated heterocycles. The van der Waals surface area contributed by atoms with Crippen LogP contribution in [-0.2, 0) is 0 Å². The molecule has 1 aromatic carbocycles. The summed E-state index contributed by atoms with van der Waals surface area (Å²) in [7, 11) is 0. The minimum atomic E-state index is -0.895. The van der Waals surface area contributed by atoms with E-state index in [1.807, 2.05) is 18.2 Å². The van der Waals surface area contributed by atoms with Crippen molar-refractivity contribution in [2.24, 2.45) is 5.84 Å². The number of benzene rings is 1. The van der Waals surface area contributed by atoms with Crippen LogP contribution in [0.4, 0.5) is 5.69 Å². The number of hydrazine groups is 1. The Kier molecular flexibility index (Phi) is 2.11. The Balaban J connectivity index is 2.60. The first-order valence-corrected chi connectivity index (χ1v) is 4.76. The highest BCUT2D eigenvalue weighted by atomic mass is 32.1. The maximum Gasteiger partial charge on any atom is 0.345 e. The third-order valence-corrected chi connectivity index (χ3v) is 3.00. The highest BCUT2D eigenvalue weighted by Gasteiger charge is 2.07. The molecule has 0 aliphatic carbocycles. The van der Waals surface area contributed by atoms with Gasteiger partial charge < -0.3 is 10.5 Å². The molecule has 4 N–H and O–H groups in total. The van der Waals surface area contributed by atoms with E-state index in [1.165, 1.54) is 11.3 Å². The van der Waals surface area contributed by atoms with E-state index in [1.54, 1.807) is 6.07 Å². The number of anilines is 1. The first kappa shape index (κ1) is 8.98. The number of thiophene rings is 1. The predicted molar refractivity (Wildman–Crippen MR) is 56.6 cm³/mol. The van der Waals surface area contributed by atoms with Crippen molar-refractivity contribution in [2.75, 3.05) is 5.43 Å².